The highest BCUT2D eigenvalue weighted by atomic mass is 14.7. The highest BCUT2D eigenvalue weighted by Gasteiger charge is 2.59. The lowest BCUT2D eigenvalue weighted by Gasteiger charge is -2.61. The molecule has 0 unspecified atom stereocenters. The maximum atomic E-state index is 6.06. The Balaban J connectivity index is 1.44. The minimum absolute atomic E-state index is 0.648. The molecule has 0 bridgehead atoms. The van der Waals surface area contributed by atoms with Crippen LogP contribution in [0.3, 0.4) is 0 Å². The van der Waals surface area contributed by atoms with Gasteiger partial charge in [-0.3, -0.25) is 0 Å². The summed E-state index contributed by atoms with van der Waals surface area (Å²) in [5.41, 5.74) is 7.40. The molecule has 2 N–H and O–H groups in total. The monoisotopic (exact) mass is 373 g/mol. The van der Waals surface area contributed by atoms with Crippen molar-refractivity contribution >= 4 is 0 Å². The van der Waals surface area contributed by atoms with Crippen molar-refractivity contribution in [2.45, 2.75) is 111 Å². The van der Waals surface area contributed by atoms with Gasteiger partial charge >= 0.3 is 0 Å². The van der Waals surface area contributed by atoms with E-state index in [0.717, 1.165) is 42.1 Å². The van der Waals surface area contributed by atoms with Crippen LogP contribution in [-0.4, -0.2) is 6.54 Å². The van der Waals surface area contributed by atoms with Gasteiger partial charge in [0, 0.05) is 0 Å². The summed E-state index contributed by atoms with van der Waals surface area (Å²) in [5.74, 6) is 5.99. The van der Waals surface area contributed by atoms with Crippen LogP contribution in [0, 0.1) is 46.3 Å². The molecule has 4 saturated carbocycles. The first-order valence-electron chi connectivity index (χ1n) is 12.7. The standard InChI is InChI=1S/C26H47N/c1-4-5-6-7-8-20-10-12-23-22-11-9-21-17-19(18-27)13-15-26(21,3)24(22)14-16-25(20,23)2/h19-24H,4-18,27H2,1-3H3/t19-,20+,21+,22+,23+,24+,25-,26+/m1/s1. The molecule has 0 spiro atoms. The third-order valence-corrected chi connectivity index (χ3v) is 10.7. The predicted octanol–water partition coefficient (Wildman–Crippen LogP) is 7.19. The summed E-state index contributed by atoms with van der Waals surface area (Å²) in [6.45, 7) is 8.71. The van der Waals surface area contributed by atoms with Crippen molar-refractivity contribution in [3.63, 3.8) is 0 Å². The largest absolute Gasteiger partial charge is 0.330 e. The maximum absolute atomic E-state index is 6.06. The van der Waals surface area contributed by atoms with E-state index >= 15 is 0 Å². The first-order valence-corrected chi connectivity index (χ1v) is 12.7. The topological polar surface area (TPSA) is 26.0 Å². The van der Waals surface area contributed by atoms with Crippen molar-refractivity contribution in [1.82, 2.24) is 0 Å². The quantitative estimate of drug-likeness (QED) is 0.490. The number of rotatable bonds is 6. The Hall–Kier alpha value is -0.0400. The molecule has 27 heavy (non-hydrogen) atoms. The Morgan fingerprint density at radius 3 is 2.37 bits per heavy atom. The molecule has 4 aliphatic rings. The molecule has 156 valence electrons. The van der Waals surface area contributed by atoms with Crippen LogP contribution in [0.15, 0.2) is 0 Å². The van der Waals surface area contributed by atoms with E-state index in [1.54, 1.807) is 32.1 Å². The molecule has 0 aromatic heterocycles. The SMILES string of the molecule is CCCCCC[C@H]1CC[C@H]2[C@@H]3CC[C@H]4C[C@H](CN)CC[C@]4(C)[C@H]3CC[C@]12C. The lowest BCUT2D eigenvalue weighted by molar-refractivity contribution is -0.117. The van der Waals surface area contributed by atoms with Crippen molar-refractivity contribution in [1.29, 1.82) is 0 Å². The minimum Gasteiger partial charge on any atom is -0.330 e. The minimum atomic E-state index is 0.648. The van der Waals surface area contributed by atoms with Crippen LogP contribution in [0.1, 0.15) is 111 Å². The zero-order chi connectivity index (χ0) is 19.1. The van der Waals surface area contributed by atoms with Gasteiger partial charge < -0.3 is 5.73 Å². The van der Waals surface area contributed by atoms with E-state index in [0.29, 0.717) is 10.8 Å². The van der Waals surface area contributed by atoms with Crippen LogP contribution in [0.5, 0.6) is 0 Å². The van der Waals surface area contributed by atoms with Crippen molar-refractivity contribution in [3.8, 4) is 0 Å². The van der Waals surface area contributed by atoms with Gasteiger partial charge in [0.05, 0.1) is 0 Å². The summed E-state index contributed by atoms with van der Waals surface area (Å²) in [6.07, 6.45) is 20.9. The molecular formula is C26H47N. The molecule has 0 aliphatic heterocycles. The first-order chi connectivity index (χ1) is 13.0. The van der Waals surface area contributed by atoms with Crippen molar-refractivity contribution in [3.05, 3.63) is 0 Å². The molecule has 0 aromatic carbocycles. The highest BCUT2D eigenvalue weighted by Crippen LogP contribution is 2.68. The molecule has 4 aliphatic carbocycles. The zero-order valence-corrected chi connectivity index (χ0v) is 18.6. The Morgan fingerprint density at radius 1 is 0.815 bits per heavy atom. The average Bonchev–Trinajstić information content (AvgIpc) is 3.01. The van der Waals surface area contributed by atoms with E-state index in [1.165, 1.54) is 57.8 Å². The second-order valence-corrected chi connectivity index (χ2v) is 11.7. The highest BCUT2D eigenvalue weighted by molar-refractivity contribution is 5.09. The molecule has 1 heteroatoms. The number of fused-ring (bicyclic) bond motifs is 5. The molecule has 0 radical (unpaired) electrons. The lowest BCUT2D eigenvalue weighted by Crippen LogP contribution is -2.53. The van der Waals surface area contributed by atoms with Gasteiger partial charge in [-0.1, -0.05) is 46.5 Å². The maximum Gasteiger partial charge on any atom is -0.00488 e. The van der Waals surface area contributed by atoms with Gasteiger partial charge in [-0.25, -0.2) is 0 Å². The Kier molecular flexibility index (Phi) is 6.00. The summed E-state index contributed by atoms with van der Waals surface area (Å²) in [4.78, 5) is 0. The second-order valence-electron chi connectivity index (χ2n) is 11.7. The molecule has 0 aromatic rings. The van der Waals surface area contributed by atoms with Gasteiger partial charge in [-0.05, 0) is 117 Å². The van der Waals surface area contributed by atoms with E-state index in [-0.39, 0.29) is 0 Å². The van der Waals surface area contributed by atoms with E-state index in [1.807, 2.05) is 0 Å². The Labute approximate surface area is 169 Å². The number of hydrogen-bond donors (Lipinski definition) is 1. The third-order valence-electron chi connectivity index (χ3n) is 10.7. The fourth-order valence-electron chi connectivity index (χ4n) is 8.96. The van der Waals surface area contributed by atoms with E-state index in [4.69, 9.17) is 5.73 Å². The van der Waals surface area contributed by atoms with Gasteiger partial charge in [0.2, 0.25) is 0 Å². The van der Waals surface area contributed by atoms with Crippen LogP contribution in [0.25, 0.3) is 0 Å². The summed E-state index contributed by atoms with van der Waals surface area (Å²) in [5, 5.41) is 0. The Morgan fingerprint density at radius 2 is 1.59 bits per heavy atom. The van der Waals surface area contributed by atoms with Crippen LogP contribution in [0.2, 0.25) is 0 Å². The average molecular weight is 374 g/mol. The van der Waals surface area contributed by atoms with Crippen molar-refractivity contribution in [2.75, 3.05) is 6.54 Å². The van der Waals surface area contributed by atoms with E-state index in [9.17, 15) is 0 Å². The van der Waals surface area contributed by atoms with Gasteiger partial charge in [0.25, 0.3) is 0 Å². The third kappa shape index (κ3) is 3.43. The summed E-state index contributed by atoms with van der Waals surface area (Å²) < 4.78 is 0. The fourth-order valence-corrected chi connectivity index (χ4v) is 8.96. The molecule has 0 amide bonds. The fraction of sp³-hybridized carbons (Fsp3) is 1.00. The predicted molar refractivity (Wildman–Crippen MR) is 117 cm³/mol. The van der Waals surface area contributed by atoms with E-state index in [2.05, 4.69) is 20.8 Å². The molecule has 0 heterocycles. The van der Waals surface area contributed by atoms with E-state index < -0.39 is 0 Å². The molecule has 8 atom stereocenters. The van der Waals surface area contributed by atoms with Gasteiger partial charge in [-0.15, -0.1) is 0 Å². The van der Waals surface area contributed by atoms with Crippen LogP contribution in [-0.2, 0) is 0 Å². The summed E-state index contributed by atoms with van der Waals surface area (Å²) in [7, 11) is 0. The normalized spacial score (nSPS) is 49.3. The number of unbranched alkanes of at least 4 members (excludes halogenated alkanes) is 3. The van der Waals surface area contributed by atoms with Crippen LogP contribution in [0.4, 0.5) is 0 Å². The molecule has 1 nitrogen and oxygen atoms in total. The number of nitrogens with two attached hydrogens (primary N) is 1. The van der Waals surface area contributed by atoms with Crippen molar-refractivity contribution in [2.24, 2.45) is 52.1 Å². The first kappa shape index (κ1) is 20.2. The summed E-state index contributed by atoms with van der Waals surface area (Å²) >= 11 is 0. The van der Waals surface area contributed by atoms with Crippen LogP contribution >= 0.6 is 0 Å². The second kappa shape index (κ2) is 8.00. The molecule has 4 rings (SSSR count). The molecular weight excluding hydrogens is 326 g/mol. The zero-order valence-electron chi connectivity index (χ0n) is 18.6. The lowest BCUT2D eigenvalue weighted by atomic mass is 9.44. The van der Waals surface area contributed by atoms with Crippen molar-refractivity contribution < 1.29 is 0 Å². The molecule has 0 saturated heterocycles. The van der Waals surface area contributed by atoms with Gasteiger partial charge in [0.15, 0.2) is 0 Å². The molecule has 4 fully saturated rings. The Bertz CT molecular complexity index is 500. The smallest absolute Gasteiger partial charge is 0.00488 e. The number of hydrogen-bond acceptors (Lipinski definition) is 1. The van der Waals surface area contributed by atoms with Crippen LogP contribution < -0.4 is 5.73 Å². The summed E-state index contributed by atoms with van der Waals surface area (Å²) in [6, 6.07) is 0. The van der Waals surface area contributed by atoms with Gasteiger partial charge in [0.1, 0.15) is 0 Å². The van der Waals surface area contributed by atoms with Gasteiger partial charge in [-0.2, -0.15) is 0 Å².